The van der Waals surface area contributed by atoms with Crippen LogP contribution in [0.25, 0.3) is 0 Å². The Kier molecular flexibility index (Phi) is 14.7. The van der Waals surface area contributed by atoms with Gasteiger partial charge in [0.1, 0.15) is 13.2 Å². The highest BCUT2D eigenvalue weighted by Crippen LogP contribution is 2.42. The van der Waals surface area contributed by atoms with Gasteiger partial charge < -0.3 is 24.1 Å². The summed E-state index contributed by atoms with van der Waals surface area (Å²) >= 11 is 7.12. The molecule has 0 aromatic heterocycles. The van der Waals surface area contributed by atoms with Gasteiger partial charge in [0.05, 0.1) is 20.3 Å². The van der Waals surface area contributed by atoms with Crippen molar-refractivity contribution >= 4 is 37.6 Å². The van der Waals surface area contributed by atoms with Gasteiger partial charge in [-0.3, -0.25) is 4.79 Å². The van der Waals surface area contributed by atoms with Gasteiger partial charge in [0.2, 0.25) is 0 Å². The molecule has 0 aliphatic heterocycles. The summed E-state index contributed by atoms with van der Waals surface area (Å²) in [6.07, 6.45) is 10.9. The minimum absolute atomic E-state index is 0.125. The van der Waals surface area contributed by atoms with Crippen molar-refractivity contribution in [3.8, 4) is 23.0 Å². The van der Waals surface area contributed by atoms with E-state index in [1.807, 2.05) is 84.9 Å². The van der Waals surface area contributed by atoms with Crippen molar-refractivity contribution in [1.29, 1.82) is 0 Å². The lowest BCUT2D eigenvalue weighted by molar-refractivity contribution is 0.0838. The fourth-order valence-electron chi connectivity index (χ4n) is 6.81. The van der Waals surface area contributed by atoms with Crippen LogP contribution in [0.2, 0.25) is 0 Å². The predicted octanol–water partition coefficient (Wildman–Crippen LogP) is 11.5. The summed E-state index contributed by atoms with van der Waals surface area (Å²) in [5.41, 5.74) is 3.75. The zero-order valence-corrected chi connectivity index (χ0v) is 32.2. The summed E-state index contributed by atoms with van der Waals surface area (Å²) in [5, 5.41) is 10.9. The average molecular weight is 809 g/mol. The normalized spacial score (nSPS) is 15.7. The third-order valence-corrected chi connectivity index (χ3v) is 11.0. The van der Waals surface area contributed by atoms with Gasteiger partial charge in [-0.05, 0) is 88.5 Å². The summed E-state index contributed by atoms with van der Waals surface area (Å²) in [6, 6.07) is 27.5. The number of hydrogen-bond donors (Lipinski definition) is 1. The molecule has 0 amide bonds. The van der Waals surface area contributed by atoms with Crippen LogP contribution in [-0.2, 0) is 13.2 Å². The zero-order valence-electron chi connectivity index (χ0n) is 29.0. The van der Waals surface area contributed by atoms with E-state index < -0.39 is 6.10 Å². The van der Waals surface area contributed by atoms with Crippen molar-refractivity contribution in [3.05, 3.63) is 116 Å². The van der Waals surface area contributed by atoms with E-state index in [0.29, 0.717) is 47.7 Å². The van der Waals surface area contributed by atoms with Crippen LogP contribution in [0.1, 0.15) is 97.4 Å². The zero-order chi connectivity index (χ0) is 35.3. The molecule has 266 valence electrons. The number of halogens is 2. The third kappa shape index (κ3) is 10.4. The molecule has 1 unspecified atom stereocenters. The summed E-state index contributed by atoms with van der Waals surface area (Å²) < 4.78 is 24.5. The molecule has 6 nitrogen and oxygen atoms in total. The SMILES string of the molecule is COc1cc(Br)c(C(=O)C2CCCCC2)cc1OCc1ccccc1.COc1cc(Br)c(C(O)C2CCCCC2)cc1OCc1ccccc1. The van der Waals surface area contributed by atoms with Gasteiger partial charge in [-0.15, -0.1) is 0 Å². The standard InChI is InChI=1S/C21H25BrO3.C21H23BrO3/c2*1-24-19-13-18(22)17(21(23)16-10-6-3-7-11-16)12-20(19)25-14-15-8-4-2-5-9-15/h2,4-5,8-9,12-13,16,21,23H,3,6-7,10-11,14H2,1H3;2,4-5,8-9,12-13,16H,3,6-7,10-11,14H2,1H3. The molecule has 2 fully saturated rings. The number of ether oxygens (including phenoxy) is 4. The Balaban J connectivity index is 0.000000194. The Bertz CT molecular complexity index is 1650. The quantitative estimate of drug-likeness (QED) is 0.144. The van der Waals surface area contributed by atoms with Crippen molar-refractivity contribution in [3.63, 3.8) is 0 Å². The lowest BCUT2D eigenvalue weighted by Gasteiger charge is -2.28. The number of Topliss-reactive ketones (excluding diaryl/α,β-unsaturated/α-hetero) is 1. The molecule has 1 atom stereocenters. The van der Waals surface area contributed by atoms with Gasteiger partial charge in [-0.25, -0.2) is 0 Å². The van der Waals surface area contributed by atoms with E-state index in [-0.39, 0.29) is 11.7 Å². The molecule has 2 saturated carbocycles. The number of carbonyl (C=O) groups excluding carboxylic acids is 1. The molecule has 0 heterocycles. The van der Waals surface area contributed by atoms with Gasteiger partial charge in [-0.1, -0.05) is 115 Å². The molecular weight excluding hydrogens is 760 g/mol. The fourth-order valence-corrected chi connectivity index (χ4v) is 7.88. The lowest BCUT2D eigenvalue weighted by atomic mass is 9.83. The molecule has 2 aliphatic carbocycles. The monoisotopic (exact) mass is 806 g/mol. The van der Waals surface area contributed by atoms with Crippen LogP contribution in [0.3, 0.4) is 0 Å². The van der Waals surface area contributed by atoms with Crippen LogP contribution in [0, 0.1) is 11.8 Å². The number of aliphatic hydroxyl groups excluding tert-OH is 1. The van der Waals surface area contributed by atoms with Crippen molar-refractivity contribution in [1.82, 2.24) is 0 Å². The van der Waals surface area contributed by atoms with E-state index >= 15 is 0 Å². The number of rotatable bonds is 12. The first-order chi connectivity index (χ1) is 24.4. The Hall–Kier alpha value is -3.33. The Morgan fingerprint density at radius 3 is 1.66 bits per heavy atom. The minimum atomic E-state index is -0.473. The molecule has 4 aromatic rings. The Labute approximate surface area is 313 Å². The predicted molar refractivity (Wildman–Crippen MR) is 205 cm³/mol. The maximum absolute atomic E-state index is 12.9. The highest BCUT2D eigenvalue weighted by molar-refractivity contribution is 9.10. The second-order valence-corrected chi connectivity index (χ2v) is 14.8. The first kappa shape index (κ1) is 37.9. The molecule has 0 radical (unpaired) electrons. The Morgan fingerprint density at radius 2 is 1.14 bits per heavy atom. The minimum Gasteiger partial charge on any atom is -0.493 e. The summed E-state index contributed by atoms with van der Waals surface area (Å²) in [6.45, 7) is 0.910. The second kappa shape index (κ2) is 19.3. The van der Waals surface area contributed by atoms with E-state index in [1.165, 1.54) is 25.7 Å². The first-order valence-electron chi connectivity index (χ1n) is 17.7. The molecule has 1 N–H and O–H groups in total. The van der Waals surface area contributed by atoms with Crippen molar-refractivity contribution in [2.45, 2.75) is 83.5 Å². The maximum atomic E-state index is 12.9. The van der Waals surface area contributed by atoms with Crippen LogP contribution < -0.4 is 18.9 Å². The van der Waals surface area contributed by atoms with Crippen LogP contribution in [0.4, 0.5) is 0 Å². The first-order valence-corrected chi connectivity index (χ1v) is 19.3. The van der Waals surface area contributed by atoms with Gasteiger partial charge >= 0.3 is 0 Å². The molecule has 0 saturated heterocycles. The molecule has 8 heteroatoms. The largest absolute Gasteiger partial charge is 0.493 e. The van der Waals surface area contributed by atoms with Gasteiger partial charge in [0.15, 0.2) is 28.8 Å². The summed E-state index contributed by atoms with van der Waals surface area (Å²) in [4.78, 5) is 12.9. The fraction of sp³-hybridized carbons (Fsp3) is 0.405. The second-order valence-electron chi connectivity index (χ2n) is 13.1. The number of carbonyl (C=O) groups is 1. The van der Waals surface area contributed by atoms with E-state index in [1.54, 1.807) is 14.2 Å². The van der Waals surface area contributed by atoms with E-state index in [0.717, 1.165) is 64.2 Å². The van der Waals surface area contributed by atoms with Crippen LogP contribution in [-0.4, -0.2) is 25.1 Å². The molecule has 0 spiro atoms. The van der Waals surface area contributed by atoms with Gasteiger partial charge in [0.25, 0.3) is 0 Å². The van der Waals surface area contributed by atoms with Crippen molar-refractivity contribution in [2.24, 2.45) is 11.8 Å². The molecule has 50 heavy (non-hydrogen) atoms. The van der Waals surface area contributed by atoms with Gasteiger partial charge in [-0.2, -0.15) is 0 Å². The number of benzene rings is 4. The molecule has 0 bridgehead atoms. The molecule has 2 aliphatic rings. The molecule has 6 rings (SSSR count). The maximum Gasteiger partial charge on any atom is 0.167 e. The third-order valence-electron chi connectivity index (χ3n) is 9.67. The lowest BCUT2D eigenvalue weighted by Crippen LogP contribution is -2.18. The molecule has 4 aromatic carbocycles. The average Bonchev–Trinajstić information content (AvgIpc) is 3.17. The van der Waals surface area contributed by atoms with Crippen LogP contribution in [0.5, 0.6) is 23.0 Å². The van der Waals surface area contributed by atoms with Crippen LogP contribution >= 0.6 is 31.9 Å². The van der Waals surface area contributed by atoms with E-state index in [9.17, 15) is 9.90 Å². The van der Waals surface area contributed by atoms with Gasteiger partial charge in [0, 0.05) is 20.4 Å². The highest BCUT2D eigenvalue weighted by Gasteiger charge is 2.27. The van der Waals surface area contributed by atoms with Crippen LogP contribution in [0.15, 0.2) is 93.9 Å². The van der Waals surface area contributed by atoms with Crippen molar-refractivity contribution < 1.29 is 28.8 Å². The topological polar surface area (TPSA) is 74.2 Å². The van der Waals surface area contributed by atoms with E-state index in [2.05, 4.69) is 31.9 Å². The summed E-state index contributed by atoms with van der Waals surface area (Å²) in [7, 11) is 3.24. The van der Waals surface area contributed by atoms with E-state index in [4.69, 9.17) is 18.9 Å². The highest BCUT2D eigenvalue weighted by atomic mass is 79.9. The number of ketones is 1. The van der Waals surface area contributed by atoms with Crippen molar-refractivity contribution in [2.75, 3.05) is 14.2 Å². The number of methoxy groups -OCH3 is 2. The molecular formula is C42H48Br2O6. The smallest absolute Gasteiger partial charge is 0.167 e. The summed E-state index contributed by atoms with van der Waals surface area (Å²) in [5.74, 6) is 3.22. The number of hydrogen-bond acceptors (Lipinski definition) is 6. The Morgan fingerprint density at radius 1 is 0.660 bits per heavy atom. The number of aliphatic hydroxyl groups is 1.